The molecule has 1 aliphatic rings. The number of halogens is 1. The summed E-state index contributed by atoms with van der Waals surface area (Å²) in [7, 11) is 3.18. The topological polar surface area (TPSA) is 56.8 Å². The van der Waals surface area contributed by atoms with Crippen LogP contribution in [0.3, 0.4) is 0 Å². The van der Waals surface area contributed by atoms with Gasteiger partial charge in [0, 0.05) is 25.3 Å². The maximum atomic E-state index is 13.4. The molecule has 6 heteroatoms. The first-order chi connectivity index (χ1) is 13.1. The number of rotatable bonds is 6. The van der Waals surface area contributed by atoms with Crippen molar-refractivity contribution in [3.8, 4) is 11.5 Å². The average Bonchev–Trinajstić information content (AvgIpc) is 2.72. The number of benzene rings is 2. The van der Waals surface area contributed by atoms with E-state index in [4.69, 9.17) is 14.2 Å². The number of hydrogen-bond donors (Lipinski definition) is 1. The lowest BCUT2D eigenvalue weighted by molar-refractivity contribution is -0.130. The third-order valence-corrected chi connectivity index (χ3v) is 5.10. The highest BCUT2D eigenvalue weighted by molar-refractivity contribution is 5.88. The molecule has 0 aliphatic carbocycles. The highest BCUT2D eigenvalue weighted by Crippen LogP contribution is 2.35. The van der Waals surface area contributed by atoms with Crippen molar-refractivity contribution < 1.29 is 23.4 Å². The fourth-order valence-corrected chi connectivity index (χ4v) is 3.50. The Balaban J connectivity index is 1.82. The van der Waals surface area contributed by atoms with E-state index in [2.05, 4.69) is 5.32 Å². The van der Waals surface area contributed by atoms with Crippen LogP contribution in [0.15, 0.2) is 42.5 Å². The van der Waals surface area contributed by atoms with Crippen LogP contribution in [-0.2, 0) is 21.5 Å². The van der Waals surface area contributed by atoms with Gasteiger partial charge in [-0.15, -0.1) is 0 Å². The van der Waals surface area contributed by atoms with Crippen molar-refractivity contribution in [3.05, 3.63) is 59.4 Å². The smallest absolute Gasteiger partial charge is 0.231 e. The van der Waals surface area contributed by atoms with Crippen molar-refractivity contribution in [3.63, 3.8) is 0 Å². The predicted molar refractivity (Wildman–Crippen MR) is 99.5 cm³/mol. The molecule has 5 nitrogen and oxygen atoms in total. The number of ether oxygens (including phenoxy) is 3. The standard InChI is InChI=1S/C21H24FNO4/c1-25-18-7-8-19(26-2)15(13-18)14-23-20(24)21(9-11-27-12-10-21)16-3-5-17(22)6-4-16/h3-8,13H,9-12,14H2,1-2H3,(H,23,24). The van der Waals surface area contributed by atoms with Crippen LogP contribution in [0.1, 0.15) is 24.0 Å². The van der Waals surface area contributed by atoms with Crippen molar-refractivity contribution in [2.75, 3.05) is 27.4 Å². The molecule has 0 radical (unpaired) electrons. The summed E-state index contributed by atoms with van der Waals surface area (Å²) in [5.41, 5.74) is 0.909. The third-order valence-electron chi connectivity index (χ3n) is 5.10. The molecule has 1 aliphatic heterocycles. The Bertz CT molecular complexity index is 785. The van der Waals surface area contributed by atoms with E-state index < -0.39 is 5.41 Å². The summed E-state index contributed by atoms with van der Waals surface area (Å²) in [6.45, 7) is 1.30. The average molecular weight is 373 g/mol. The lowest BCUT2D eigenvalue weighted by atomic mass is 9.73. The van der Waals surface area contributed by atoms with Gasteiger partial charge < -0.3 is 19.5 Å². The Morgan fingerprint density at radius 1 is 1.11 bits per heavy atom. The monoisotopic (exact) mass is 373 g/mol. The van der Waals surface area contributed by atoms with E-state index in [1.54, 1.807) is 26.4 Å². The van der Waals surface area contributed by atoms with Gasteiger partial charge in [-0.05, 0) is 48.7 Å². The Hall–Kier alpha value is -2.60. The van der Waals surface area contributed by atoms with Gasteiger partial charge in [0.05, 0.1) is 19.6 Å². The molecule has 27 heavy (non-hydrogen) atoms. The van der Waals surface area contributed by atoms with Gasteiger partial charge in [-0.3, -0.25) is 4.79 Å². The van der Waals surface area contributed by atoms with Crippen LogP contribution in [0.4, 0.5) is 4.39 Å². The Morgan fingerprint density at radius 3 is 2.44 bits per heavy atom. The summed E-state index contributed by atoms with van der Waals surface area (Å²) in [6, 6.07) is 11.6. The van der Waals surface area contributed by atoms with E-state index in [1.165, 1.54) is 12.1 Å². The highest BCUT2D eigenvalue weighted by atomic mass is 19.1. The highest BCUT2D eigenvalue weighted by Gasteiger charge is 2.41. The summed E-state index contributed by atoms with van der Waals surface area (Å²) in [5.74, 6) is 0.961. The van der Waals surface area contributed by atoms with Gasteiger partial charge in [0.2, 0.25) is 5.91 Å². The molecule has 1 saturated heterocycles. The van der Waals surface area contributed by atoms with Gasteiger partial charge in [-0.2, -0.15) is 0 Å². The SMILES string of the molecule is COc1ccc(OC)c(CNC(=O)C2(c3ccc(F)cc3)CCOCC2)c1. The zero-order chi connectivity index (χ0) is 19.3. The third kappa shape index (κ3) is 4.06. The van der Waals surface area contributed by atoms with E-state index in [9.17, 15) is 9.18 Å². The summed E-state index contributed by atoms with van der Waals surface area (Å²) in [4.78, 5) is 13.2. The van der Waals surface area contributed by atoms with E-state index in [-0.39, 0.29) is 11.7 Å². The number of carbonyl (C=O) groups is 1. The second-order valence-corrected chi connectivity index (χ2v) is 6.56. The van der Waals surface area contributed by atoms with Crippen LogP contribution in [0.25, 0.3) is 0 Å². The van der Waals surface area contributed by atoms with Gasteiger partial charge in [0.25, 0.3) is 0 Å². The molecule has 0 atom stereocenters. The minimum Gasteiger partial charge on any atom is -0.497 e. The lowest BCUT2D eigenvalue weighted by Crippen LogP contribution is -2.47. The second kappa shape index (κ2) is 8.39. The Morgan fingerprint density at radius 2 is 1.81 bits per heavy atom. The van der Waals surface area contributed by atoms with Crippen LogP contribution in [0.5, 0.6) is 11.5 Å². The summed E-state index contributed by atoms with van der Waals surface area (Å²) >= 11 is 0. The molecule has 0 aromatic heterocycles. The first kappa shape index (κ1) is 19.2. The Labute approximate surface area is 158 Å². The maximum absolute atomic E-state index is 13.4. The minimum atomic E-state index is -0.724. The van der Waals surface area contributed by atoms with Gasteiger partial charge >= 0.3 is 0 Å². The zero-order valence-corrected chi connectivity index (χ0v) is 15.6. The van der Waals surface area contributed by atoms with Crippen molar-refractivity contribution >= 4 is 5.91 Å². The lowest BCUT2D eigenvalue weighted by Gasteiger charge is -2.36. The number of hydrogen-bond acceptors (Lipinski definition) is 4. The fourth-order valence-electron chi connectivity index (χ4n) is 3.50. The van der Waals surface area contributed by atoms with Gasteiger partial charge in [-0.25, -0.2) is 4.39 Å². The molecule has 1 amide bonds. The molecule has 0 unspecified atom stereocenters. The molecule has 3 rings (SSSR count). The molecule has 2 aromatic rings. The van der Waals surface area contributed by atoms with Crippen LogP contribution in [0, 0.1) is 5.82 Å². The molecular formula is C21H24FNO4. The maximum Gasteiger partial charge on any atom is 0.231 e. The molecule has 0 spiro atoms. The summed E-state index contributed by atoms with van der Waals surface area (Å²) < 4.78 is 29.4. The fraction of sp³-hybridized carbons (Fsp3) is 0.381. The van der Waals surface area contributed by atoms with Gasteiger partial charge in [0.1, 0.15) is 17.3 Å². The van der Waals surface area contributed by atoms with Crippen LogP contribution < -0.4 is 14.8 Å². The van der Waals surface area contributed by atoms with E-state index in [0.29, 0.717) is 44.1 Å². The van der Waals surface area contributed by atoms with E-state index >= 15 is 0 Å². The molecule has 0 bridgehead atoms. The van der Waals surface area contributed by atoms with Crippen molar-refractivity contribution in [2.24, 2.45) is 0 Å². The van der Waals surface area contributed by atoms with Crippen molar-refractivity contribution in [1.29, 1.82) is 0 Å². The first-order valence-electron chi connectivity index (χ1n) is 8.92. The normalized spacial score (nSPS) is 15.8. The number of methoxy groups -OCH3 is 2. The van der Waals surface area contributed by atoms with Crippen LogP contribution in [0.2, 0.25) is 0 Å². The quantitative estimate of drug-likeness (QED) is 0.845. The molecular weight excluding hydrogens is 349 g/mol. The molecule has 0 saturated carbocycles. The van der Waals surface area contributed by atoms with Gasteiger partial charge in [0.15, 0.2) is 0 Å². The number of carbonyl (C=O) groups excluding carboxylic acids is 1. The summed E-state index contributed by atoms with van der Waals surface area (Å²) in [6.07, 6.45) is 1.11. The van der Waals surface area contributed by atoms with E-state index in [1.807, 2.05) is 18.2 Å². The van der Waals surface area contributed by atoms with Gasteiger partial charge in [-0.1, -0.05) is 12.1 Å². The van der Waals surface area contributed by atoms with Crippen LogP contribution >= 0.6 is 0 Å². The Kier molecular flexibility index (Phi) is 5.96. The number of nitrogens with one attached hydrogen (secondary N) is 1. The van der Waals surface area contributed by atoms with E-state index in [0.717, 1.165) is 11.1 Å². The number of amides is 1. The van der Waals surface area contributed by atoms with Crippen molar-refractivity contribution in [2.45, 2.75) is 24.8 Å². The van der Waals surface area contributed by atoms with Crippen LogP contribution in [-0.4, -0.2) is 33.3 Å². The molecule has 1 heterocycles. The molecule has 1 N–H and O–H groups in total. The second-order valence-electron chi connectivity index (χ2n) is 6.56. The first-order valence-corrected chi connectivity index (χ1v) is 8.92. The molecule has 144 valence electrons. The predicted octanol–water partition coefficient (Wildman–Crippen LogP) is 3.21. The zero-order valence-electron chi connectivity index (χ0n) is 15.6. The largest absolute Gasteiger partial charge is 0.497 e. The molecule has 2 aromatic carbocycles. The molecule has 1 fully saturated rings. The summed E-state index contributed by atoms with van der Waals surface area (Å²) in [5, 5.41) is 3.02. The minimum absolute atomic E-state index is 0.0951. The van der Waals surface area contributed by atoms with Crippen molar-refractivity contribution in [1.82, 2.24) is 5.32 Å².